The fourth-order valence-electron chi connectivity index (χ4n) is 3.71. The Morgan fingerprint density at radius 1 is 0.571 bits per heavy atom. The highest BCUT2D eigenvalue weighted by Crippen LogP contribution is 2.35. The second kappa shape index (κ2) is 12.1. The molecule has 0 atom stereocenters. The van der Waals surface area contributed by atoms with Gasteiger partial charge in [0.1, 0.15) is 11.5 Å². The largest absolute Gasteiger partial charge is 0.429 e. The van der Waals surface area contributed by atoms with Crippen molar-refractivity contribution in [1.29, 1.82) is 0 Å². The van der Waals surface area contributed by atoms with Crippen LogP contribution in [-0.4, -0.2) is 0 Å². The molecule has 0 amide bonds. The van der Waals surface area contributed by atoms with Crippen LogP contribution in [0.1, 0.15) is 67.7 Å². The summed E-state index contributed by atoms with van der Waals surface area (Å²) in [7, 11) is 0. The lowest BCUT2D eigenvalue weighted by Gasteiger charge is -2.21. The Kier molecular flexibility index (Phi) is 9.19. The Bertz CT molecular complexity index is 1030. The van der Waals surface area contributed by atoms with Crippen LogP contribution in [0.4, 0.5) is 17.6 Å². The van der Waals surface area contributed by atoms with Gasteiger partial charge in [0.05, 0.1) is 11.1 Å². The normalized spacial score (nSPS) is 11.9. The van der Waals surface area contributed by atoms with Crippen molar-refractivity contribution in [3.8, 4) is 11.5 Å². The molecule has 0 N–H and O–H groups in total. The van der Waals surface area contributed by atoms with Gasteiger partial charge in [-0.2, -0.15) is 17.6 Å². The van der Waals surface area contributed by atoms with Gasteiger partial charge < -0.3 is 9.47 Å². The van der Waals surface area contributed by atoms with Gasteiger partial charge in [0.2, 0.25) is 0 Å². The van der Waals surface area contributed by atoms with E-state index in [1.807, 2.05) is 6.92 Å². The van der Waals surface area contributed by atoms with Crippen LogP contribution in [0, 0.1) is 6.92 Å². The lowest BCUT2D eigenvalue weighted by Crippen LogP contribution is -2.24. The third-order valence-corrected chi connectivity index (χ3v) is 5.81. The minimum absolute atomic E-state index is 0.0128. The molecule has 0 aromatic heterocycles. The Morgan fingerprint density at radius 3 is 1.49 bits per heavy atom. The Balaban J connectivity index is 1.56. The van der Waals surface area contributed by atoms with Crippen LogP contribution in [0.15, 0.2) is 72.8 Å². The average Bonchev–Trinajstić information content (AvgIpc) is 2.83. The van der Waals surface area contributed by atoms with Gasteiger partial charge >= 0.3 is 12.2 Å². The second-order valence-corrected chi connectivity index (χ2v) is 8.79. The number of alkyl halides is 4. The predicted molar refractivity (Wildman–Crippen MR) is 130 cm³/mol. The summed E-state index contributed by atoms with van der Waals surface area (Å²) in [5.41, 5.74) is 0.913. The van der Waals surface area contributed by atoms with E-state index in [0.717, 1.165) is 54.7 Å². The summed E-state index contributed by atoms with van der Waals surface area (Å²) in [6.07, 6.45) is 0.690. The highest BCUT2D eigenvalue weighted by atomic mass is 19.3. The molecule has 0 aliphatic heterocycles. The molecule has 6 heteroatoms. The highest BCUT2D eigenvalue weighted by Gasteiger charge is 2.38. The number of benzene rings is 3. The van der Waals surface area contributed by atoms with Gasteiger partial charge in [-0.25, -0.2) is 0 Å². The summed E-state index contributed by atoms with van der Waals surface area (Å²) in [6.45, 7) is 4.01. The molecule has 35 heavy (non-hydrogen) atoms. The maximum absolute atomic E-state index is 14.7. The fraction of sp³-hybridized carbons (Fsp3) is 0.379. The number of hydrogen-bond donors (Lipinski definition) is 0. The molecule has 188 valence electrons. The topological polar surface area (TPSA) is 18.5 Å². The summed E-state index contributed by atoms with van der Waals surface area (Å²) in [6, 6.07) is 16.4. The molecular formula is C29H32F4O2. The van der Waals surface area contributed by atoms with Crippen molar-refractivity contribution in [1.82, 2.24) is 0 Å². The van der Waals surface area contributed by atoms with Crippen molar-refractivity contribution in [2.24, 2.45) is 0 Å². The van der Waals surface area contributed by atoms with Gasteiger partial charge in [-0.05, 0) is 73.9 Å². The highest BCUT2D eigenvalue weighted by molar-refractivity contribution is 5.32. The molecule has 0 saturated heterocycles. The van der Waals surface area contributed by atoms with Gasteiger partial charge in [-0.3, -0.25) is 0 Å². The first-order valence-corrected chi connectivity index (χ1v) is 12.1. The van der Waals surface area contributed by atoms with Crippen LogP contribution in [-0.2, 0) is 18.6 Å². The Labute approximate surface area is 204 Å². The van der Waals surface area contributed by atoms with E-state index in [0.29, 0.717) is 0 Å². The van der Waals surface area contributed by atoms with Crippen LogP contribution < -0.4 is 9.47 Å². The van der Waals surface area contributed by atoms with Crippen LogP contribution >= 0.6 is 0 Å². The molecule has 0 heterocycles. The lowest BCUT2D eigenvalue weighted by molar-refractivity contribution is -0.188. The molecule has 0 saturated carbocycles. The van der Waals surface area contributed by atoms with E-state index >= 15 is 0 Å². The molecular weight excluding hydrogens is 456 g/mol. The smallest absolute Gasteiger partial charge is 0.426 e. The monoisotopic (exact) mass is 488 g/mol. The molecule has 0 radical (unpaired) electrons. The maximum atomic E-state index is 14.7. The molecule has 2 nitrogen and oxygen atoms in total. The van der Waals surface area contributed by atoms with E-state index in [1.54, 1.807) is 24.3 Å². The lowest BCUT2D eigenvalue weighted by atomic mass is 10.0. The van der Waals surface area contributed by atoms with E-state index in [4.69, 9.17) is 9.47 Å². The summed E-state index contributed by atoms with van der Waals surface area (Å²) in [5, 5.41) is 0. The number of rotatable bonds is 13. The minimum atomic E-state index is -3.67. The molecule has 0 aliphatic carbocycles. The first-order chi connectivity index (χ1) is 16.7. The van der Waals surface area contributed by atoms with Crippen molar-refractivity contribution < 1.29 is 27.0 Å². The molecule has 0 fully saturated rings. The number of aryl methyl sites for hydroxylation is 2. The molecule has 3 aromatic carbocycles. The first kappa shape index (κ1) is 26.6. The maximum Gasteiger partial charge on any atom is 0.426 e. The number of unbranched alkanes of at least 4 members (excludes halogenated alkanes) is 5. The second-order valence-electron chi connectivity index (χ2n) is 8.79. The zero-order valence-electron chi connectivity index (χ0n) is 20.2. The zero-order chi connectivity index (χ0) is 25.3. The quantitative estimate of drug-likeness (QED) is 0.176. The average molecular weight is 489 g/mol. The van der Waals surface area contributed by atoms with E-state index in [1.165, 1.54) is 49.9 Å². The SMILES string of the molecule is CCCCCCCCc1ccc(OC(F)(F)c2ccc(C(F)(F)Oc3ccc(C)cc3)cc2)cc1. The number of hydrogen-bond acceptors (Lipinski definition) is 2. The summed E-state index contributed by atoms with van der Waals surface area (Å²) < 4.78 is 68.0. The van der Waals surface area contributed by atoms with Crippen molar-refractivity contribution in [2.75, 3.05) is 0 Å². The summed E-state index contributed by atoms with van der Waals surface area (Å²) in [4.78, 5) is 0. The molecule has 0 unspecified atom stereocenters. The zero-order valence-corrected chi connectivity index (χ0v) is 20.2. The van der Waals surface area contributed by atoms with Crippen molar-refractivity contribution in [2.45, 2.75) is 71.0 Å². The molecule has 3 rings (SSSR count). The Morgan fingerprint density at radius 2 is 1.00 bits per heavy atom. The van der Waals surface area contributed by atoms with Gasteiger partial charge in [0, 0.05) is 0 Å². The fourth-order valence-corrected chi connectivity index (χ4v) is 3.71. The molecule has 0 spiro atoms. The molecule has 0 aliphatic rings. The van der Waals surface area contributed by atoms with E-state index in [-0.39, 0.29) is 11.5 Å². The summed E-state index contributed by atoms with van der Waals surface area (Å²) >= 11 is 0. The first-order valence-electron chi connectivity index (χ1n) is 12.1. The third kappa shape index (κ3) is 8.01. The van der Waals surface area contributed by atoms with Gasteiger partial charge in [0.15, 0.2) is 0 Å². The number of ether oxygens (including phenoxy) is 2. The molecule has 3 aromatic rings. The number of halogens is 4. The van der Waals surface area contributed by atoms with Crippen LogP contribution in [0.3, 0.4) is 0 Å². The van der Waals surface area contributed by atoms with E-state index in [2.05, 4.69) is 6.92 Å². The van der Waals surface area contributed by atoms with Crippen molar-refractivity contribution >= 4 is 0 Å². The standard InChI is InChI=1S/C29H32F4O2/c1-3-4-5-6-7-8-9-23-12-20-27(21-13-23)35-29(32,33)25-16-14-24(15-17-25)28(30,31)34-26-18-10-22(2)11-19-26/h10-21H,3-9H2,1-2H3. The minimum Gasteiger partial charge on any atom is -0.429 e. The third-order valence-electron chi connectivity index (χ3n) is 5.81. The van der Waals surface area contributed by atoms with Gasteiger partial charge in [0.25, 0.3) is 0 Å². The van der Waals surface area contributed by atoms with Crippen molar-refractivity contribution in [3.63, 3.8) is 0 Å². The van der Waals surface area contributed by atoms with E-state index < -0.39 is 23.3 Å². The Hall–Kier alpha value is -3.02. The van der Waals surface area contributed by atoms with Crippen LogP contribution in [0.2, 0.25) is 0 Å². The van der Waals surface area contributed by atoms with Gasteiger partial charge in [-0.1, -0.05) is 68.9 Å². The summed E-state index contributed by atoms with van der Waals surface area (Å²) in [5.74, 6) is -0.00270. The van der Waals surface area contributed by atoms with Crippen molar-refractivity contribution in [3.05, 3.63) is 95.1 Å². The van der Waals surface area contributed by atoms with Crippen LogP contribution in [0.5, 0.6) is 11.5 Å². The predicted octanol–water partition coefficient (Wildman–Crippen LogP) is 9.15. The van der Waals surface area contributed by atoms with Crippen LogP contribution in [0.25, 0.3) is 0 Å². The molecule has 0 bridgehead atoms. The van der Waals surface area contributed by atoms with Gasteiger partial charge in [-0.15, -0.1) is 0 Å². The van der Waals surface area contributed by atoms with E-state index in [9.17, 15) is 17.6 Å².